The van der Waals surface area contributed by atoms with E-state index in [9.17, 15) is 4.79 Å². The van der Waals surface area contributed by atoms with E-state index in [0.717, 1.165) is 19.4 Å². The SMILES string of the molecule is Cc1ccccc1CN1N(C2CCCCC2)C(=O)C1(C)C. The van der Waals surface area contributed by atoms with Crippen LogP contribution >= 0.6 is 0 Å². The minimum atomic E-state index is -0.361. The average Bonchev–Trinajstić information content (AvgIpc) is 2.49. The van der Waals surface area contributed by atoms with Gasteiger partial charge < -0.3 is 0 Å². The summed E-state index contributed by atoms with van der Waals surface area (Å²) in [7, 11) is 0. The van der Waals surface area contributed by atoms with E-state index in [1.807, 2.05) is 13.8 Å². The zero-order valence-electron chi connectivity index (χ0n) is 13.4. The van der Waals surface area contributed by atoms with E-state index in [1.54, 1.807) is 0 Å². The molecule has 0 aromatic heterocycles. The fourth-order valence-corrected chi connectivity index (χ4v) is 3.64. The van der Waals surface area contributed by atoms with Crippen LogP contribution in [0.3, 0.4) is 0 Å². The summed E-state index contributed by atoms with van der Waals surface area (Å²) in [6.07, 6.45) is 6.15. The van der Waals surface area contributed by atoms with Crippen molar-refractivity contribution in [2.75, 3.05) is 0 Å². The third-order valence-corrected chi connectivity index (χ3v) is 5.14. The van der Waals surface area contributed by atoms with E-state index in [0.29, 0.717) is 11.9 Å². The summed E-state index contributed by atoms with van der Waals surface area (Å²) < 4.78 is 0. The zero-order chi connectivity index (χ0) is 15.0. The van der Waals surface area contributed by atoms with Crippen molar-refractivity contribution in [1.29, 1.82) is 0 Å². The Balaban J connectivity index is 1.80. The highest BCUT2D eigenvalue weighted by Crippen LogP contribution is 2.38. The molecule has 3 nitrogen and oxygen atoms in total. The number of nitrogens with zero attached hydrogens (tertiary/aromatic N) is 2. The molecule has 2 fully saturated rings. The van der Waals surface area contributed by atoms with Gasteiger partial charge in [-0.25, -0.2) is 0 Å². The summed E-state index contributed by atoms with van der Waals surface area (Å²) in [5.74, 6) is 0.294. The molecule has 1 saturated heterocycles. The van der Waals surface area contributed by atoms with Crippen molar-refractivity contribution in [2.24, 2.45) is 0 Å². The number of hydrogen-bond donors (Lipinski definition) is 0. The normalized spacial score (nSPS) is 23.2. The van der Waals surface area contributed by atoms with Crippen molar-refractivity contribution >= 4 is 5.91 Å². The Hall–Kier alpha value is -1.35. The lowest BCUT2D eigenvalue weighted by atomic mass is 9.89. The number of benzene rings is 1. The van der Waals surface area contributed by atoms with Crippen LogP contribution in [0, 0.1) is 6.92 Å². The largest absolute Gasteiger partial charge is 0.271 e. The van der Waals surface area contributed by atoms with Crippen LogP contribution in [0.25, 0.3) is 0 Å². The molecule has 0 N–H and O–H groups in total. The Morgan fingerprint density at radius 2 is 1.81 bits per heavy atom. The minimum Gasteiger partial charge on any atom is -0.271 e. The predicted octanol–water partition coefficient (Wildman–Crippen LogP) is 3.67. The molecule has 1 amide bonds. The van der Waals surface area contributed by atoms with Gasteiger partial charge in [0.05, 0.1) is 0 Å². The maximum Gasteiger partial charge on any atom is 0.258 e. The van der Waals surface area contributed by atoms with Gasteiger partial charge in [-0.1, -0.05) is 43.5 Å². The van der Waals surface area contributed by atoms with Crippen LogP contribution in [0.5, 0.6) is 0 Å². The van der Waals surface area contributed by atoms with Crippen LogP contribution in [-0.4, -0.2) is 27.5 Å². The molecule has 2 aliphatic rings. The van der Waals surface area contributed by atoms with Gasteiger partial charge in [0.2, 0.25) is 0 Å². The van der Waals surface area contributed by atoms with Crippen molar-refractivity contribution in [1.82, 2.24) is 10.0 Å². The summed E-state index contributed by atoms with van der Waals surface area (Å²) in [5.41, 5.74) is 2.26. The molecule has 0 atom stereocenters. The fraction of sp³-hybridized carbons (Fsp3) is 0.611. The van der Waals surface area contributed by atoms with Gasteiger partial charge in [-0.05, 0) is 44.7 Å². The molecule has 0 spiro atoms. The number of hydrazine groups is 1. The van der Waals surface area contributed by atoms with Gasteiger partial charge in [0.15, 0.2) is 0 Å². The lowest BCUT2D eigenvalue weighted by Gasteiger charge is -2.59. The van der Waals surface area contributed by atoms with Crippen LogP contribution in [-0.2, 0) is 11.3 Å². The first-order chi connectivity index (χ1) is 10.0. The van der Waals surface area contributed by atoms with Gasteiger partial charge in [-0.2, -0.15) is 5.01 Å². The molecule has 1 aromatic rings. The molecule has 114 valence electrons. The van der Waals surface area contributed by atoms with Gasteiger partial charge in [0, 0.05) is 12.6 Å². The second-order valence-electron chi connectivity index (χ2n) is 6.98. The van der Waals surface area contributed by atoms with Crippen molar-refractivity contribution in [3.63, 3.8) is 0 Å². The van der Waals surface area contributed by atoms with Crippen LogP contribution in [0.4, 0.5) is 0 Å². The lowest BCUT2D eigenvalue weighted by Crippen LogP contribution is -2.76. The smallest absolute Gasteiger partial charge is 0.258 e. The molecule has 1 heterocycles. The summed E-state index contributed by atoms with van der Waals surface area (Å²) in [4.78, 5) is 12.6. The first kappa shape index (κ1) is 14.6. The fourth-order valence-electron chi connectivity index (χ4n) is 3.64. The van der Waals surface area contributed by atoms with Crippen molar-refractivity contribution in [3.05, 3.63) is 35.4 Å². The lowest BCUT2D eigenvalue weighted by molar-refractivity contribution is -0.231. The Morgan fingerprint density at radius 1 is 1.14 bits per heavy atom. The van der Waals surface area contributed by atoms with E-state index in [2.05, 4.69) is 41.2 Å². The van der Waals surface area contributed by atoms with Gasteiger partial charge >= 0.3 is 0 Å². The third kappa shape index (κ3) is 2.48. The first-order valence-corrected chi connectivity index (χ1v) is 8.17. The summed E-state index contributed by atoms with van der Waals surface area (Å²) in [6, 6.07) is 8.90. The third-order valence-electron chi connectivity index (χ3n) is 5.14. The average molecular weight is 286 g/mol. The van der Waals surface area contributed by atoms with Crippen molar-refractivity contribution in [2.45, 2.75) is 71.0 Å². The van der Waals surface area contributed by atoms with Crippen LogP contribution in [0.2, 0.25) is 0 Å². The number of carbonyl (C=O) groups is 1. The molecule has 3 heteroatoms. The van der Waals surface area contributed by atoms with Crippen molar-refractivity contribution in [3.8, 4) is 0 Å². The molecule has 0 radical (unpaired) electrons. The Morgan fingerprint density at radius 3 is 2.48 bits per heavy atom. The van der Waals surface area contributed by atoms with E-state index in [1.165, 1.54) is 30.4 Å². The van der Waals surface area contributed by atoms with Gasteiger partial charge in [-0.3, -0.25) is 9.80 Å². The standard InChI is InChI=1S/C18H26N2O/c1-14-9-7-8-10-15(14)13-19-18(2,3)17(21)20(19)16-11-5-4-6-12-16/h7-10,16H,4-6,11-13H2,1-3H3. The molecule has 0 bridgehead atoms. The maximum absolute atomic E-state index is 12.6. The van der Waals surface area contributed by atoms with Gasteiger partial charge in [0.25, 0.3) is 5.91 Å². The Labute approximate surface area is 127 Å². The molecule has 0 unspecified atom stereocenters. The highest BCUT2D eigenvalue weighted by Gasteiger charge is 2.54. The van der Waals surface area contributed by atoms with E-state index in [4.69, 9.17) is 0 Å². The van der Waals surface area contributed by atoms with E-state index in [-0.39, 0.29) is 5.54 Å². The molecule has 1 saturated carbocycles. The molecule has 1 aromatic carbocycles. The summed E-state index contributed by atoms with van der Waals surface area (Å²) >= 11 is 0. The molecular weight excluding hydrogens is 260 g/mol. The minimum absolute atomic E-state index is 0.294. The summed E-state index contributed by atoms with van der Waals surface area (Å²) in [5, 5.41) is 4.35. The molecule has 21 heavy (non-hydrogen) atoms. The highest BCUT2D eigenvalue weighted by atomic mass is 16.2. The summed E-state index contributed by atoms with van der Waals surface area (Å²) in [6.45, 7) is 7.08. The Bertz CT molecular complexity index is 532. The number of carbonyl (C=O) groups excluding carboxylic acids is 1. The van der Waals surface area contributed by atoms with Gasteiger partial charge in [0.1, 0.15) is 5.54 Å². The maximum atomic E-state index is 12.6. The zero-order valence-corrected chi connectivity index (χ0v) is 13.4. The van der Waals surface area contributed by atoms with E-state index >= 15 is 0 Å². The highest BCUT2D eigenvalue weighted by molar-refractivity contribution is 5.90. The topological polar surface area (TPSA) is 23.6 Å². The number of aryl methyl sites for hydroxylation is 1. The second-order valence-corrected chi connectivity index (χ2v) is 6.98. The monoisotopic (exact) mass is 286 g/mol. The number of rotatable bonds is 3. The molecular formula is C18H26N2O. The quantitative estimate of drug-likeness (QED) is 0.846. The molecule has 3 rings (SSSR count). The second kappa shape index (κ2) is 5.45. The molecule has 1 aliphatic carbocycles. The van der Waals surface area contributed by atoms with Crippen molar-refractivity contribution < 1.29 is 4.79 Å². The van der Waals surface area contributed by atoms with Crippen LogP contribution in [0.1, 0.15) is 57.1 Å². The van der Waals surface area contributed by atoms with Gasteiger partial charge in [-0.15, -0.1) is 0 Å². The predicted molar refractivity (Wildman–Crippen MR) is 84.5 cm³/mol. The van der Waals surface area contributed by atoms with Crippen LogP contribution < -0.4 is 0 Å². The first-order valence-electron chi connectivity index (χ1n) is 8.17. The van der Waals surface area contributed by atoms with E-state index < -0.39 is 0 Å². The number of amides is 1. The van der Waals surface area contributed by atoms with Crippen LogP contribution in [0.15, 0.2) is 24.3 Å². The molecule has 1 aliphatic heterocycles. The number of hydrogen-bond acceptors (Lipinski definition) is 2. The Kier molecular flexibility index (Phi) is 3.78.